The number of rotatable bonds is 6. The molecule has 110 valence electrons. The quantitative estimate of drug-likeness (QED) is 0.215. The first kappa shape index (κ1) is 15.2. The van der Waals surface area contributed by atoms with Gasteiger partial charge in [0.05, 0.1) is 11.6 Å². The van der Waals surface area contributed by atoms with Gasteiger partial charge in [0.2, 0.25) is 0 Å². The van der Waals surface area contributed by atoms with Crippen molar-refractivity contribution in [2.45, 2.75) is 6.61 Å². The van der Waals surface area contributed by atoms with Gasteiger partial charge in [-0.15, -0.1) is 0 Å². The molecule has 21 heavy (non-hydrogen) atoms. The van der Waals surface area contributed by atoms with E-state index in [4.69, 9.17) is 32.0 Å². The summed E-state index contributed by atoms with van der Waals surface area (Å²) in [5.74, 6) is 0.461. The minimum atomic E-state index is -0.0104. The van der Waals surface area contributed by atoms with Crippen molar-refractivity contribution in [3.05, 3.63) is 64.7 Å². The standard InChI is InChI=1S/C15H15ClN2O3/c16-13-8-12(15(17)18-19)6-7-14(13)21-10-20-9-11-4-2-1-3-5-11/h1-8,19H,9-10H2,(H2,17,18). The number of ether oxygens (including phenoxy) is 2. The van der Waals surface area contributed by atoms with Gasteiger partial charge in [-0.2, -0.15) is 0 Å². The maximum Gasteiger partial charge on any atom is 0.189 e. The van der Waals surface area contributed by atoms with Crippen molar-refractivity contribution in [1.82, 2.24) is 0 Å². The summed E-state index contributed by atoms with van der Waals surface area (Å²) in [5.41, 5.74) is 7.05. The molecule has 0 saturated heterocycles. The predicted octanol–water partition coefficient (Wildman–Crippen LogP) is 2.99. The summed E-state index contributed by atoms with van der Waals surface area (Å²) in [5, 5.41) is 11.9. The molecule has 3 N–H and O–H groups in total. The highest BCUT2D eigenvalue weighted by Gasteiger charge is 2.06. The summed E-state index contributed by atoms with van der Waals surface area (Å²) in [7, 11) is 0. The molecule has 2 aromatic rings. The zero-order chi connectivity index (χ0) is 15.1. The molecule has 0 radical (unpaired) electrons. The molecule has 0 aliphatic carbocycles. The Labute approximate surface area is 127 Å². The summed E-state index contributed by atoms with van der Waals surface area (Å²) in [6.45, 7) is 0.540. The van der Waals surface area contributed by atoms with Crippen molar-refractivity contribution in [1.29, 1.82) is 0 Å². The van der Waals surface area contributed by atoms with E-state index in [1.165, 1.54) is 0 Å². The molecule has 0 fully saturated rings. The molecule has 0 amide bonds. The number of oxime groups is 1. The van der Waals surface area contributed by atoms with Crippen LogP contribution in [0.5, 0.6) is 5.75 Å². The lowest BCUT2D eigenvalue weighted by Gasteiger charge is -2.09. The molecule has 0 unspecified atom stereocenters. The van der Waals surface area contributed by atoms with Crippen LogP contribution in [0.25, 0.3) is 0 Å². The van der Waals surface area contributed by atoms with Gasteiger partial charge in [-0.25, -0.2) is 0 Å². The number of halogens is 1. The third kappa shape index (κ3) is 4.37. The summed E-state index contributed by atoms with van der Waals surface area (Å²) in [4.78, 5) is 0. The maximum atomic E-state index is 8.60. The van der Waals surface area contributed by atoms with Crippen molar-refractivity contribution in [2.75, 3.05) is 6.79 Å². The third-order valence-electron chi connectivity index (χ3n) is 2.74. The van der Waals surface area contributed by atoms with Crippen molar-refractivity contribution in [3.63, 3.8) is 0 Å². The summed E-state index contributed by atoms with van der Waals surface area (Å²) >= 11 is 6.05. The minimum absolute atomic E-state index is 0.0104. The first-order valence-corrected chi connectivity index (χ1v) is 6.60. The Kier molecular flexibility index (Phi) is 5.43. The molecule has 0 saturated carbocycles. The largest absolute Gasteiger partial charge is 0.466 e. The molecule has 0 aromatic heterocycles. The number of hydrogen-bond acceptors (Lipinski definition) is 4. The van der Waals surface area contributed by atoms with Crippen LogP contribution in [-0.4, -0.2) is 17.8 Å². The highest BCUT2D eigenvalue weighted by Crippen LogP contribution is 2.25. The fourth-order valence-corrected chi connectivity index (χ4v) is 1.91. The highest BCUT2D eigenvalue weighted by molar-refractivity contribution is 6.32. The second-order valence-corrected chi connectivity index (χ2v) is 4.63. The Morgan fingerprint density at radius 1 is 1.19 bits per heavy atom. The van der Waals surface area contributed by atoms with E-state index in [2.05, 4.69) is 5.16 Å². The SMILES string of the molecule is N/C(=N/O)c1ccc(OCOCc2ccccc2)c(Cl)c1. The highest BCUT2D eigenvalue weighted by atomic mass is 35.5. The Balaban J connectivity index is 1.86. The fourth-order valence-electron chi connectivity index (χ4n) is 1.67. The van der Waals surface area contributed by atoms with Crippen molar-refractivity contribution >= 4 is 17.4 Å². The molecule has 0 atom stereocenters. The first-order valence-electron chi connectivity index (χ1n) is 6.22. The molecule has 0 aliphatic rings. The third-order valence-corrected chi connectivity index (χ3v) is 3.04. The van der Waals surface area contributed by atoms with Crippen LogP contribution in [0.15, 0.2) is 53.7 Å². The van der Waals surface area contributed by atoms with Gasteiger partial charge < -0.3 is 20.4 Å². The molecular formula is C15H15ClN2O3. The van der Waals surface area contributed by atoms with Crippen molar-refractivity contribution in [3.8, 4) is 5.75 Å². The number of nitrogens with two attached hydrogens (primary N) is 1. The maximum absolute atomic E-state index is 8.60. The van der Waals surface area contributed by atoms with E-state index in [0.29, 0.717) is 22.9 Å². The topological polar surface area (TPSA) is 77.1 Å². The van der Waals surface area contributed by atoms with Crippen LogP contribution in [0.4, 0.5) is 0 Å². The van der Waals surface area contributed by atoms with Crippen LogP contribution >= 0.6 is 11.6 Å². The summed E-state index contributed by atoms with van der Waals surface area (Å²) in [6, 6.07) is 14.6. The van der Waals surface area contributed by atoms with Crippen LogP contribution < -0.4 is 10.5 Å². The zero-order valence-corrected chi connectivity index (χ0v) is 12.0. The van der Waals surface area contributed by atoms with Gasteiger partial charge in [-0.3, -0.25) is 0 Å². The molecule has 2 rings (SSSR count). The van der Waals surface area contributed by atoms with Gasteiger partial charge in [0.25, 0.3) is 0 Å². The van der Waals surface area contributed by atoms with E-state index >= 15 is 0 Å². The molecule has 0 bridgehead atoms. The predicted molar refractivity (Wildman–Crippen MR) is 80.7 cm³/mol. The van der Waals surface area contributed by atoms with Gasteiger partial charge in [-0.1, -0.05) is 47.1 Å². The zero-order valence-electron chi connectivity index (χ0n) is 11.2. The van der Waals surface area contributed by atoms with Crippen LogP contribution in [0.2, 0.25) is 5.02 Å². The molecule has 0 aliphatic heterocycles. The van der Waals surface area contributed by atoms with E-state index in [1.54, 1.807) is 18.2 Å². The lowest BCUT2D eigenvalue weighted by atomic mass is 10.2. The second kappa shape index (κ2) is 7.52. The molecule has 0 spiro atoms. The monoisotopic (exact) mass is 306 g/mol. The second-order valence-electron chi connectivity index (χ2n) is 4.23. The average molecular weight is 307 g/mol. The number of benzene rings is 2. The molecule has 6 heteroatoms. The normalized spacial score (nSPS) is 11.4. The Morgan fingerprint density at radius 2 is 1.95 bits per heavy atom. The minimum Gasteiger partial charge on any atom is -0.466 e. The van der Waals surface area contributed by atoms with Crippen molar-refractivity contribution < 1.29 is 14.7 Å². The van der Waals surface area contributed by atoms with E-state index in [1.807, 2.05) is 30.3 Å². The van der Waals surface area contributed by atoms with Gasteiger partial charge in [-0.05, 0) is 23.8 Å². The van der Waals surface area contributed by atoms with Crippen LogP contribution in [0.1, 0.15) is 11.1 Å². The summed E-state index contributed by atoms with van der Waals surface area (Å²) in [6.07, 6.45) is 0. The van der Waals surface area contributed by atoms with E-state index in [9.17, 15) is 0 Å². The number of nitrogens with zero attached hydrogens (tertiary/aromatic N) is 1. The van der Waals surface area contributed by atoms with Gasteiger partial charge in [0.15, 0.2) is 12.6 Å². The molecule has 2 aromatic carbocycles. The summed E-state index contributed by atoms with van der Waals surface area (Å²) < 4.78 is 10.8. The van der Waals surface area contributed by atoms with Gasteiger partial charge in [0, 0.05) is 5.56 Å². The van der Waals surface area contributed by atoms with Crippen molar-refractivity contribution in [2.24, 2.45) is 10.9 Å². The van der Waals surface area contributed by atoms with E-state index in [0.717, 1.165) is 5.56 Å². The lowest BCUT2D eigenvalue weighted by Crippen LogP contribution is -2.13. The van der Waals surface area contributed by atoms with Gasteiger partial charge >= 0.3 is 0 Å². The number of amidine groups is 1. The Morgan fingerprint density at radius 3 is 2.62 bits per heavy atom. The molecular weight excluding hydrogens is 292 g/mol. The van der Waals surface area contributed by atoms with Crippen LogP contribution in [-0.2, 0) is 11.3 Å². The molecule has 0 heterocycles. The smallest absolute Gasteiger partial charge is 0.189 e. The Bertz CT molecular complexity index is 618. The van der Waals surface area contributed by atoms with Crippen LogP contribution in [0, 0.1) is 0 Å². The van der Waals surface area contributed by atoms with E-state index < -0.39 is 0 Å². The van der Waals surface area contributed by atoms with Crippen LogP contribution in [0.3, 0.4) is 0 Å². The fraction of sp³-hybridized carbons (Fsp3) is 0.133. The van der Waals surface area contributed by atoms with E-state index in [-0.39, 0.29) is 12.6 Å². The molecule has 5 nitrogen and oxygen atoms in total. The van der Waals surface area contributed by atoms with Gasteiger partial charge in [0.1, 0.15) is 5.75 Å². The Hall–Kier alpha value is -2.24. The lowest BCUT2D eigenvalue weighted by molar-refractivity contribution is 0.00510. The number of hydrogen-bond donors (Lipinski definition) is 2. The first-order chi connectivity index (χ1) is 10.2. The average Bonchev–Trinajstić information content (AvgIpc) is 2.53.